The molecule has 0 aliphatic rings. The summed E-state index contributed by atoms with van der Waals surface area (Å²) in [5, 5.41) is 11.7. The van der Waals surface area contributed by atoms with Crippen molar-refractivity contribution in [1.29, 1.82) is 0 Å². The number of carboxylic acid groups (broad SMARTS) is 1. The minimum Gasteiger partial charge on any atom is -0.478 e. The number of hydrogen-bond donors (Lipinski definition) is 3. The van der Waals surface area contributed by atoms with Crippen LogP contribution in [-0.4, -0.2) is 17.0 Å². The number of carbonyl (C=O) groups excluding carboxylic acids is 1. The van der Waals surface area contributed by atoms with Crippen LogP contribution < -0.4 is 11.1 Å². The van der Waals surface area contributed by atoms with Crippen LogP contribution in [0.3, 0.4) is 0 Å². The van der Waals surface area contributed by atoms with Crippen molar-refractivity contribution in [3.8, 4) is 0 Å². The molecule has 1 amide bonds. The van der Waals surface area contributed by atoms with Gasteiger partial charge in [-0.2, -0.15) is 0 Å². The van der Waals surface area contributed by atoms with Gasteiger partial charge < -0.3 is 16.2 Å². The van der Waals surface area contributed by atoms with E-state index in [1.807, 2.05) is 18.2 Å². The molecule has 0 bridgehead atoms. The SMILES string of the molecule is Cc1cc(NC(=O)C(N)c2ccccc2)ccc1C(=O)O. The summed E-state index contributed by atoms with van der Waals surface area (Å²) < 4.78 is 0. The number of aryl methyl sites for hydroxylation is 1. The zero-order valence-corrected chi connectivity index (χ0v) is 11.5. The Morgan fingerprint density at radius 2 is 1.81 bits per heavy atom. The Hall–Kier alpha value is -2.66. The van der Waals surface area contributed by atoms with Gasteiger partial charge in [-0.15, -0.1) is 0 Å². The lowest BCUT2D eigenvalue weighted by molar-refractivity contribution is -0.117. The first kappa shape index (κ1) is 14.7. The maximum atomic E-state index is 12.1. The van der Waals surface area contributed by atoms with Crippen LogP contribution in [0.15, 0.2) is 48.5 Å². The van der Waals surface area contributed by atoms with E-state index in [1.165, 1.54) is 6.07 Å². The number of anilines is 1. The van der Waals surface area contributed by atoms with Crippen LogP contribution in [0, 0.1) is 6.92 Å². The molecule has 0 saturated heterocycles. The van der Waals surface area contributed by atoms with Gasteiger partial charge in [-0.3, -0.25) is 4.79 Å². The second kappa shape index (κ2) is 6.19. The van der Waals surface area contributed by atoms with Gasteiger partial charge in [0, 0.05) is 5.69 Å². The first-order valence-corrected chi connectivity index (χ1v) is 6.44. The highest BCUT2D eigenvalue weighted by Crippen LogP contribution is 2.17. The van der Waals surface area contributed by atoms with Gasteiger partial charge in [-0.1, -0.05) is 30.3 Å². The molecule has 0 radical (unpaired) electrons. The van der Waals surface area contributed by atoms with Crippen LogP contribution in [0.4, 0.5) is 5.69 Å². The highest BCUT2D eigenvalue weighted by molar-refractivity contribution is 5.96. The van der Waals surface area contributed by atoms with Crippen LogP contribution in [0.1, 0.15) is 27.5 Å². The predicted molar refractivity (Wildman–Crippen MR) is 80.1 cm³/mol. The normalized spacial score (nSPS) is 11.7. The van der Waals surface area contributed by atoms with E-state index in [-0.39, 0.29) is 11.5 Å². The van der Waals surface area contributed by atoms with Crippen molar-refractivity contribution in [3.05, 3.63) is 65.2 Å². The van der Waals surface area contributed by atoms with Crippen molar-refractivity contribution in [2.45, 2.75) is 13.0 Å². The summed E-state index contributed by atoms with van der Waals surface area (Å²) in [6.45, 7) is 1.68. The van der Waals surface area contributed by atoms with Gasteiger partial charge in [0.25, 0.3) is 0 Å². The molecule has 0 saturated carbocycles. The fraction of sp³-hybridized carbons (Fsp3) is 0.125. The second-order valence-electron chi connectivity index (χ2n) is 4.71. The summed E-state index contributed by atoms with van der Waals surface area (Å²) in [4.78, 5) is 23.0. The minimum atomic E-state index is -0.994. The molecule has 0 fully saturated rings. The lowest BCUT2D eigenvalue weighted by atomic mass is 10.1. The molecule has 2 rings (SSSR count). The van der Waals surface area contributed by atoms with E-state index in [4.69, 9.17) is 10.8 Å². The number of carbonyl (C=O) groups is 2. The molecule has 5 heteroatoms. The molecular formula is C16H16N2O3. The average molecular weight is 284 g/mol. The average Bonchev–Trinajstić information content (AvgIpc) is 2.47. The number of amides is 1. The quantitative estimate of drug-likeness (QED) is 0.803. The predicted octanol–water partition coefficient (Wildman–Crippen LogP) is 2.33. The van der Waals surface area contributed by atoms with Crippen molar-refractivity contribution < 1.29 is 14.7 Å². The Morgan fingerprint density at radius 3 is 2.38 bits per heavy atom. The number of rotatable bonds is 4. The van der Waals surface area contributed by atoms with Crippen LogP contribution in [0.5, 0.6) is 0 Å². The number of nitrogens with one attached hydrogen (secondary N) is 1. The fourth-order valence-corrected chi connectivity index (χ4v) is 2.01. The van der Waals surface area contributed by atoms with E-state index in [9.17, 15) is 9.59 Å². The Labute approximate surface area is 122 Å². The van der Waals surface area contributed by atoms with Crippen LogP contribution in [0.25, 0.3) is 0 Å². The molecule has 21 heavy (non-hydrogen) atoms. The molecule has 0 aromatic heterocycles. The molecule has 0 aliphatic carbocycles. The van der Waals surface area contributed by atoms with E-state index < -0.39 is 12.0 Å². The minimum absolute atomic E-state index is 0.209. The zero-order chi connectivity index (χ0) is 15.4. The summed E-state index contributed by atoms with van der Waals surface area (Å²) in [6, 6.07) is 12.9. The maximum Gasteiger partial charge on any atom is 0.335 e. The summed E-state index contributed by atoms with van der Waals surface area (Å²) >= 11 is 0. The van der Waals surface area contributed by atoms with Crippen LogP contribution in [0.2, 0.25) is 0 Å². The first-order chi connectivity index (χ1) is 9.99. The summed E-state index contributed by atoms with van der Waals surface area (Å²) in [5.74, 6) is -1.34. The highest BCUT2D eigenvalue weighted by atomic mass is 16.4. The van der Waals surface area contributed by atoms with Crippen LogP contribution >= 0.6 is 0 Å². The van der Waals surface area contributed by atoms with Gasteiger partial charge in [0.05, 0.1) is 5.56 Å². The topological polar surface area (TPSA) is 92.4 Å². The number of hydrogen-bond acceptors (Lipinski definition) is 3. The van der Waals surface area contributed by atoms with Crippen molar-refractivity contribution in [1.82, 2.24) is 0 Å². The maximum absolute atomic E-state index is 12.1. The Kier molecular flexibility index (Phi) is 4.35. The third-order valence-corrected chi connectivity index (χ3v) is 3.17. The summed E-state index contributed by atoms with van der Waals surface area (Å²) in [6.07, 6.45) is 0. The molecule has 1 atom stereocenters. The molecule has 108 valence electrons. The van der Waals surface area contributed by atoms with Crippen molar-refractivity contribution in [3.63, 3.8) is 0 Å². The molecule has 1 unspecified atom stereocenters. The Bertz CT molecular complexity index is 668. The van der Waals surface area contributed by atoms with Crippen LogP contribution in [-0.2, 0) is 4.79 Å². The smallest absolute Gasteiger partial charge is 0.335 e. The van der Waals surface area contributed by atoms with Gasteiger partial charge in [0.1, 0.15) is 6.04 Å². The van der Waals surface area contributed by atoms with Gasteiger partial charge in [0.15, 0.2) is 0 Å². The Morgan fingerprint density at radius 1 is 1.14 bits per heavy atom. The third kappa shape index (κ3) is 3.46. The van der Waals surface area contributed by atoms with Gasteiger partial charge in [-0.05, 0) is 36.2 Å². The van der Waals surface area contributed by atoms with Crippen molar-refractivity contribution in [2.75, 3.05) is 5.32 Å². The Balaban J connectivity index is 2.13. The number of nitrogens with two attached hydrogens (primary N) is 1. The second-order valence-corrected chi connectivity index (χ2v) is 4.71. The number of benzene rings is 2. The lowest BCUT2D eigenvalue weighted by Crippen LogP contribution is -2.27. The van der Waals surface area contributed by atoms with Gasteiger partial charge >= 0.3 is 5.97 Å². The number of carboxylic acids is 1. The van der Waals surface area contributed by atoms with E-state index in [2.05, 4.69) is 5.32 Å². The largest absolute Gasteiger partial charge is 0.478 e. The highest BCUT2D eigenvalue weighted by Gasteiger charge is 2.16. The fourth-order valence-electron chi connectivity index (χ4n) is 2.01. The van der Waals surface area contributed by atoms with E-state index >= 15 is 0 Å². The third-order valence-electron chi connectivity index (χ3n) is 3.17. The van der Waals surface area contributed by atoms with E-state index in [1.54, 1.807) is 31.2 Å². The molecule has 0 spiro atoms. The molecule has 0 aliphatic heterocycles. The molecule has 4 N–H and O–H groups in total. The van der Waals surface area contributed by atoms with Gasteiger partial charge in [0.2, 0.25) is 5.91 Å². The zero-order valence-electron chi connectivity index (χ0n) is 11.5. The number of aromatic carboxylic acids is 1. The van der Waals surface area contributed by atoms with E-state index in [0.29, 0.717) is 16.8 Å². The lowest BCUT2D eigenvalue weighted by Gasteiger charge is -2.13. The molecule has 2 aromatic carbocycles. The molecule has 2 aromatic rings. The summed E-state index contributed by atoms with van der Waals surface area (Å²) in [7, 11) is 0. The monoisotopic (exact) mass is 284 g/mol. The van der Waals surface area contributed by atoms with Crippen molar-refractivity contribution in [2.24, 2.45) is 5.73 Å². The molecular weight excluding hydrogens is 268 g/mol. The van der Waals surface area contributed by atoms with E-state index in [0.717, 1.165) is 0 Å². The summed E-state index contributed by atoms with van der Waals surface area (Å²) in [5.41, 5.74) is 7.92. The molecule has 0 heterocycles. The standard InChI is InChI=1S/C16H16N2O3/c1-10-9-12(7-8-13(10)16(20)21)18-15(19)14(17)11-5-3-2-4-6-11/h2-9,14H,17H2,1H3,(H,18,19)(H,20,21). The van der Waals surface area contributed by atoms with Crippen molar-refractivity contribution >= 4 is 17.6 Å². The molecule has 5 nitrogen and oxygen atoms in total. The first-order valence-electron chi connectivity index (χ1n) is 6.44. The van der Waals surface area contributed by atoms with Gasteiger partial charge in [-0.25, -0.2) is 4.79 Å².